The van der Waals surface area contributed by atoms with Crippen molar-refractivity contribution in [3.8, 4) is 0 Å². The van der Waals surface area contributed by atoms with Crippen LogP contribution in [0.15, 0.2) is 29.2 Å². The predicted octanol–water partition coefficient (Wildman–Crippen LogP) is 2.33. The van der Waals surface area contributed by atoms with Gasteiger partial charge < -0.3 is 0 Å². The van der Waals surface area contributed by atoms with Crippen LogP contribution in [0.2, 0.25) is 0 Å². The first-order chi connectivity index (χ1) is 7.58. The van der Waals surface area contributed by atoms with E-state index in [1.165, 1.54) is 19.2 Å². The van der Waals surface area contributed by atoms with Gasteiger partial charge in [0, 0.05) is 11.8 Å². The lowest BCUT2D eigenvalue weighted by atomic mass is 10.2. The van der Waals surface area contributed by atoms with Crippen LogP contribution in [0.5, 0.6) is 0 Å². The highest BCUT2D eigenvalue weighted by Crippen LogP contribution is 2.29. The third kappa shape index (κ3) is 2.05. The fourth-order valence-corrected chi connectivity index (χ4v) is 2.08. The largest absolute Gasteiger partial charge is 0.436 e. The van der Waals surface area contributed by atoms with Crippen LogP contribution in [0.1, 0.15) is 5.56 Å². The normalized spacial score (nSPS) is 19.8. The number of rotatable bonds is 1. The van der Waals surface area contributed by atoms with Crippen LogP contribution in [0.25, 0.3) is 6.08 Å². The van der Waals surface area contributed by atoms with Crippen molar-refractivity contribution < 1.29 is 14.0 Å². The number of carbonyl (C=O) groups excluding carboxylic acids is 2. The van der Waals surface area contributed by atoms with Gasteiger partial charge in [0.15, 0.2) is 0 Å². The van der Waals surface area contributed by atoms with Gasteiger partial charge in [-0.2, -0.15) is 0 Å². The van der Waals surface area contributed by atoms with Gasteiger partial charge in [-0.05, 0) is 28.7 Å². The van der Waals surface area contributed by atoms with E-state index in [4.69, 9.17) is 0 Å². The van der Waals surface area contributed by atoms with Gasteiger partial charge in [-0.3, -0.25) is 0 Å². The Bertz CT molecular complexity index is 481. The summed E-state index contributed by atoms with van der Waals surface area (Å²) in [7, 11) is 1.43. The first kappa shape index (κ1) is 11.0. The molecule has 81 valence electrons. The second kappa shape index (κ2) is 4.19. The zero-order valence-corrected chi connectivity index (χ0v) is 9.25. The Morgan fingerprint density at radius 1 is 1.25 bits per heavy atom. The Balaban J connectivity index is 2.29. The van der Waals surface area contributed by atoms with Crippen molar-refractivity contribution in [2.75, 3.05) is 7.05 Å². The fraction of sp³-hybridized carbons (Fsp3) is 0.0909. The molecule has 0 spiro atoms. The molecule has 0 aromatic heterocycles. The Hall–Kier alpha value is -1.46. The van der Waals surface area contributed by atoms with Crippen molar-refractivity contribution >= 4 is 29.0 Å². The van der Waals surface area contributed by atoms with Crippen molar-refractivity contribution in [1.29, 1.82) is 0 Å². The van der Waals surface area contributed by atoms with E-state index < -0.39 is 0 Å². The third-order valence-corrected chi connectivity index (χ3v) is 3.12. The Labute approximate surface area is 95.9 Å². The van der Waals surface area contributed by atoms with Crippen LogP contribution in [0.4, 0.5) is 9.18 Å². The average Bonchev–Trinajstić information content (AvgIpc) is 2.50. The number of thioether (sulfide) groups is 1. The molecule has 0 atom stereocenters. The minimum Gasteiger partial charge on any atom is -0.219 e. The standard InChI is InChI=1S/C11H8FNO2S/c1-13-10(14)9(16-11(13)15)6-7-2-4-8(12)5-3-7/h2-6H,1H3/q+1. The predicted molar refractivity (Wildman–Crippen MR) is 60.4 cm³/mol. The number of imide groups is 1. The summed E-state index contributed by atoms with van der Waals surface area (Å²) in [4.78, 5) is 24.2. The molecule has 1 fully saturated rings. The van der Waals surface area contributed by atoms with Gasteiger partial charge in [-0.15, -0.1) is 0 Å². The zero-order valence-electron chi connectivity index (χ0n) is 8.44. The second-order valence-corrected chi connectivity index (χ2v) is 4.29. The highest BCUT2D eigenvalue weighted by atomic mass is 32.2. The van der Waals surface area contributed by atoms with Crippen molar-refractivity contribution in [2.24, 2.45) is 0 Å². The lowest BCUT2D eigenvalue weighted by Gasteiger charge is -1.92. The molecule has 3 nitrogen and oxygen atoms in total. The van der Waals surface area contributed by atoms with E-state index in [-0.39, 0.29) is 17.0 Å². The number of halogens is 1. The van der Waals surface area contributed by atoms with Crippen LogP contribution >= 0.6 is 11.8 Å². The quantitative estimate of drug-likeness (QED) is 0.556. The maximum atomic E-state index is 12.6. The summed E-state index contributed by atoms with van der Waals surface area (Å²) in [5, 5.41) is -0.293. The first-order valence-electron chi connectivity index (χ1n) is 4.55. The molecule has 0 aliphatic carbocycles. The number of amides is 2. The van der Waals surface area contributed by atoms with E-state index in [0.29, 0.717) is 10.5 Å². The number of hydrogen-bond acceptors (Lipinski definition) is 3. The average molecular weight is 237 g/mol. The summed E-state index contributed by atoms with van der Waals surface area (Å²) >= 11 is 0.886. The topological polar surface area (TPSA) is 40.0 Å². The van der Waals surface area contributed by atoms with Gasteiger partial charge >= 0.3 is 11.1 Å². The van der Waals surface area contributed by atoms with E-state index >= 15 is 0 Å². The maximum absolute atomic E-state index is 12.6. The highest BCUT2D eigenvalue weighted by molar-refractivity contribution is 8.18. The van der Waals surface area contributed by atoms with E-state index in [2.05, 4.69) is 0 Å². The van der Waals surface area contributed by atoms with Gasteiger partial charge in [-0.1, -0.05) is 12.1 Å². The zero-order chi connectivity index (χ0) is 11.7. The van der Waals surface area contributed by atoms with Crippen molar-refractivity contribution in [3.63, 3.8) is 0 Å². The molecule has 1 aliphatic rings. The molecule has 0 bridgehead atoms. The molecule has 1 heterocycles. The number of hydrogen-bond donors (Lipinski definition) is 0. The highest BCUT2D eigenvalue weighted by Gasteiger charge is 2.44. The molecule has 1 radical (unpaired) electrons. The fourth-order valence-electron chi connectivity index (χ4n) is 1.26. The second-order valence-electron chi connectivity index (χ2n) is 3.29. The van der Waals surface area contributed by atoms with E-state index in [1.54, 1.807) is 18.2 Å². The van der Waals surface area contributed by atoms with E-state index in [9.17, 15) is 14.0 Å². The Morgan fingerprint density at radius 2 is 1.88 bits per heavy atom. The lowest BCUT2D eigenvalue weighted by Crippen LogP contribution is -2.29. The molecule has 1 aromatic carbocycles. The monoisotopic (exact) mass is 237 g/mol. The molecular formula is C11H8FNO2S+. The molecule has 1 aliphatic heterocycles. The van der Waals surface area contributed by atoms with Gasteiger partial charge in [0.25, 0.3) is 0 Å². The summed E-state index contributed by atoms with van der Waals surface area (Å²) in [5.41, 5.74) is 0.695. The van der Waals surface area contributed by atoms with Crippen LogP contribution in [0, 0.1) is 5.82 Å². The molecule has 2 rings (SSSR count). The molecule has 0 unspecified atom stereocenters. The van der Waals surface area contributed by atoms with Gasteiger partial charge in [-0.25, -0.2) is 14.0 Å². The van der Waals surface area contributed by atoms with Crippen LogP contribution in [0.3, 0.4) is 0 Å². The number of likely N-dealkylation sites (N-methyl/N-ethyl adjacent to an activating group) is 1. The van der Waals surface area contributed by atoms with E-state index in [0.717, 1.165) is 16.7 Å². The van der Waals surface area contributed by atoms with Crippen LogP contribution < -0.4 is 4.90 Å². The Morgan fingerprint density at radius 3 is 2.38 bits per heavy atom. The summed E-state index contributed by atoms with van der Waals surface area (Å²) < 4.78 is 12.6. The molecule has 1 aromatic rings. The van der Waals surface area contributed by atoms with Crippen LogP contribution in [-0.2, 0) is 4.79 Å². The first-order valence-corrected chi connectivity index (χ1v) is 5.37. The molecule has 0 N–H and O–H groups in total. The lowest BCUT2D eigenvalue weighted by molar-refractivity contribution is -0.118. The van der Waals surface area contributed by atoms with Crippen molar-refractivity contribution in [1.82, 2.24) is 4.90 Å². The number of carbonyl (C=O) groups is 2. The van der Waals surface area contributed by atoms with Crippen molar-refractivity contribution in [3.05, 3.63) is 40.6 Å². The molecule has 0 saturated carbocycles. The van der Waals surface area contributed by atoms with E-state index in [1.807, 2.05) is 0 Å². The molecule has 2 amide bonds. The number of benzene rings is 1. The summed E-state index contributed by atoms with van der Waals surface area (Å²) in [5.74, 6) is -0.653. The minimum atomic E-state index is -0.333. The molecular weight excluding hydrogens is 229 g/mol. The third-order valence-electron chi connectivity index (χ3n) is 2.15. The van der Waals surface area contributed by atoms with Crippen LogP contribution in [-0.4, -0.2) is 18.2 Å². The summed E-state index contributed by atoms with van der Waals surface area (Å²) in [6.45, 7) is 0. The Kier molecular flexibility index (Phi) is 2.89. The molecule has 16 heavy (non-hydrogen) atoms. The van der Waals surface area contributed by atoms with Gasteiger partial charge in [0.2, 0.25) is 0 Å². The maximum Gasteiger partial charge on any atom is 0.436 e. The van der Waals surface area contributed by atoms with Crippen molar-refractivity contribution in [2.45, 2.75) is 0 Å². The summed E-state index contributed by atoms with van der Waals surface area (Å²) in [6.07, 6.45) is 1.58. The number of nitrogens with zero attached hydrogens (tertiary/aromatic N) is 1. The smallest absolute Gasteiger partial charge is 0.219 e. The minimum absolute atomic E-state index is 0.293. The summed E-state index contributed by atoms with van der Waals surface area (Å²) in [6, 6.07) is 5.72. The SMILES string of the molecule is C[N+]1C(=O)SC(=Cc2ccc(F)cc2)C1=O. The molecule has 5 heteroatoms. The van der Waals surface area contributed by atoms with Gasteiger partial charge in [0.1, 0.15) is 17.8 Å². The molecule has 1 saturated heterocycles. The van der Waals surface area contributed by atoms with Gasteiger partial charge in [0.05, 0.1) is 0 Å².